The molecule has 25 heavy (non-hydrogen) atoms. The number of hydrogen-bond acceptors (Lipinski definition) is 9. The zero-order valence-corrected chi connectivity index (χ0v) is 15.3. The summed E-state index contributed by atoms with van der Waals surface area (Å²) in [6.45, 7) is 6.64. The maximum Gasteiger partial charge on any atom is 0.410 e. The fourth-order valence-corrected chi connectivity index (χ4v) is 3.41. The maximum absolute atomic E-state index is 12.3. The number of anilines is 2. The summed E-state index contributed by atoms with van der Waals surface area (Å²) < 4.78 is 5.42. The average Bonchev–Trinajstić information content (AvgIpc) is 3.00. The highest BCUT2D eigenvalue weighted by molar-refractivity contribution is 7.16. The van der Waals surface area contributed by atoms with Gasteiger partial charge in [0.25, 0.3) is 0 Å². The first-order valence-corrected chi connectivity index (χ1v) is 8.88. The molecule has 1 unspecified atom stereocenters. The lowest BCUT2D eigenvalue weighted by atomic mass is 10.1. The van der Waals surface area contributed by atoms with Gasteiger partial charge < -0.3 is 25.4 Å². The molecule has 10 heteroatoms. The summed E-state index contributed by atoms with van der Waals surface area (Å²) in [5.41, 5.74) is 7.59. The molecule has 3 heterocycles. The number of nitrogens with two attached hydrogens (primary N) is 1. The summed E-state index contributed by atoms with van der Waals surface area (Å²) >= 11 is 1.38. The minimum absolute atomic E-state index is 0.130. The van der Waals surface area contributed by atoms with E-state index in [9.17, 15) is 9.90 Å². The van der Waals surface area contributed by atoms with Gasteiger partial charge >= 0.3 is 6.09 Å². The fourth-order valence-electron chi connectivity index (χ4n) is 2.75. The van der Waals surface area contributed by atoms with E-state index in [1.54, 1.807) is 10.4 Å². The van der Waals surface area contributed by atoms with Crippen LogP contribution in [0.3, 0.4) is 0 Å². The molecule has 1 saturated heterocycles. The van der Waals surface area contributed by atoms with Gasteiger partial charge in [0.2, 0.25) is 5.95 Å². The third-order valence-electron chi connectivity index (χ3n) is 3.81. The number of nitrogens with zero attached hydrogens (tertiary/aromatic N) is 5. The van der Waals surface area contributed by atoms with Crippen LogP contribution >= 0.6 is 11.3 Å². The topological polar surface area (TPSA) is 118 Å². The smallest absolute Gasteiger partial charge is 0.410 e. The minimum Gasteiger partial charge on any atom is -0.444 e. The van der Waals surface area contributed by atoms with E-state index in [1.165, 1.54) is 11.3 Å². The van der Waals surface area contributed by atoms with Crippen molar-refractivity contribution in [3.63, 3.8) is 0 Å². The Kier molecular flexibility index (Phi) is 4.65. The van der Waals surface area contributed by atoms with E-state index in [2.05, 4.69) is 15.0 Å². The van der Waals surface area contributed by atoms with Gasteiger partial charge in [0.05, 0.1) is 18.2 Å². The van der Waals surface area contributed by atoms with E-state index < -0.39 is 5.60 Å². The molecule has 9 nitrogen and oxygen atoms in total. The largest absolute Gasteiger partial charge is 0.444 e. The Bertz CT molecular complexity index is 774. The normalized spacial score (nSPS) is 18.6. The molecule has 1 aliphatic rings. The number of carbonyl (C=O) groups excluding carboxylic acids is 1. The van der Waals surface area contributed by atoms with Crippen LogP contribution in [0.15, 0.2) is 5.51 Å². The highest BCUT2D eigenvalue weighted by Gasteiger charge is 2.33. The zero-order chi connectivity index (χ0) is 18.2. The van der Waals surface area contributed by atoms with Gasteiger partial charge in [0, 0.05) is 19.6 Å². The van der Waals surface area contributed by atoms with E-state index in [4.69, 9.17) is 10.5 Å². The Labute approximate surface area is 149 Å². The van der Waals surface area contributed by atoms with Crippen molar-refractivity contribution >= 4 is 39.5 Å². The first-order valence-electron chi connectivity index (χ1n) is 8.00. The van der Waals surface area contributed by atoms with E-state index >= 15 is 0 Å². The standard InChI is InChI=1S/C15H22N6O3S/c1-15(2,3)24-14(23)20-4-5-21(9(6-20)7-22)11-10-12(25-8-17-10)19-13(16)18-11/h8-9,22H,4-7H2,1-3H3,(H2,16,18,19). The van der Waals surface area contributed by atoms with Crippen LogP contribution in [0.25, 0.3) is 10.3 Å². The van der Waals surface area contributed by atoms with Gasteiger partial charge in [-0.15, -0.1) is 11.3 Å². The number of aliphatic hydroxyl groups excluding tert-OH is 1. The van der Waals surface area contributed by atoms with Gasteiger partial charge in [0.15, 0.2) is 10.6 Å². The number of ether oxygens (including phenoxy) is 1. The molecule has 1 fully saturated rings. The van der Waals surface area contributed by atoms with Gasteiger partial charge in [-0.3, -0.25) is 0 Å². The van der Waals surface area contributed by atoms with Crippen LogP contribution in [0.4, 0.5) is 16.6 Å². The molecule has 0 radical (unpaired) electrons. The van der Waals surface area contributed by atoms with Crippen LogP contribution in [0.2, 0.25) is 0 Å². The fraction of sp³-hybridized carbons (Fsp3) is 0.600. The summed E-state index contributed by atoms with van der Waals surface area (Å²) in [6.07, 6.45) is -0.383. The molecule has 0 saturated carbocycles. The number of thiazole rings is 1. The average molecular weight is 366 g/mol. The summed E-state index contributed by atoms with van der Waals surface area (Å²) in [6, 6.07) is -0.319. The Morgan fingerprint density at radius 1 is 1.44 bits per heavy atom. The monoisotopic (exact) mass is 366 g/mol. The molecule has 1 aliphatic heterocycles. The molecule has 0 aliphatic carbocycles. The van der Waals surface area contributed by atoms with E-state index in [0.29, 0.717) is 35.8 Å². The second-order valence-electron chi connectivity index (χ2n) is 6.87. The number of piperazine rings is 1. The highest BCUT2D eigenvalue weighted by atomic mass is 32.1. The molecule has 2 aromatic heterocycles. The van der Waals surface area contributed by atoms with Crippen molar-refractivity contribution in [2.75, 3.05) is 36.9 Å². The van der Waals surface area contributed by atoms with Crippen LogP contribution in [0.1, 0.15) is 20.8 Å². The number of carbonyl (C=O) groups is 1. The molecule has 2 aromatic rings. The van der Waals surface area contributed by atoms with Crippen molar-refractivity contribution in [2.45, 2.75) is 32.4 Å². The number of aromatic nitrogens is 3. The van der Waals surface area contributed by atoms with Gasteiger partial charge in [-0.05, 0) is 20.8 Å². The number of fused-ring (bicyclic) bond motifs is 1. The molecule has 136 valence electrons. The molecule has 0 aromatic carbocycles. The number of nitrogen functional groups attached to an aromatic ring is 1. The van der Waals surface area contributed by atoms with Crippen LogP contribution in [0.5, 0.6) is 0 Å². The van der Waals surface area contributed by atoms with Gasteiger partial charge in [-0.25, -0.2) is 14.8 Å². The van der Waals surface area contributed by atoms with Crippen molar-refractivity contribution in [2.24, 2.45) is 0 Å². The SMILES string of the molecule is CC(C)(C)OC(=O)N1CCN(c2nc(N)nc3scnc23)C(CO)C1. The molecule has 1 amide bonds. The van der Waals surface area contributed by atoms with Crippen molar-refractivity contribution in [1.29, 1.82) is 0 Å². The molecular formula is C15H22N6O3S. The van der Waals surface area contributed by atoms with Crippen molar-refractivity contribution < 1.29 is 14.6 Å². The van der Waals surface area contributed by atoms with Gasteiger partial charge in [0.1, 0.15) is 11.1 Å². The number of hydrogen-bond donors (Lipinski definition) is 2. The molecule has 0 bridgehead atoms. The Hall–Kier alpha value is -2.20. The second-order valence-corrected chi connectivity index (χ2v) is 7.70. The lowest BCUT2D eigenvalue weighted by Crippen LogP contribution is -2.57. The van der Waals surface area contributed by atoms with E-state index in [1.807, 2.05) is 25.7 Å². The lowest BCUT2D eigenvalue weighted by Gasteiger charge is -2.41. The molecule has 3 rings (SSSR count). The number of amides is 1. The molecule has 0 spiro atoms. The Morgan fingerprint density at radius 2 is 2.20 bits per heavy atom. The Balaban J connectivity index is 1.83. The summed E-state index contributed by atoms with van der Waals surface area (Å²) in [5, 5.41) is 9.83. The van der Waals surface area contributed by atoms with E-state index in [-0.39, 0.29) is 24.7 Å². The van der Waals surface area contributed by atoms with Crippen LogP contribution in [-0.4, -0.2) is 68.9 Å². The zero-order valence-electron chi connectivity index (χ0n) is 14.5. The number of aliphatic hydroxyl groups is 1. The van der Waals surface area contributed by atoms with Crippen molar-refractivity contribution in [3.8, 4) is 0 Å². The molecule has 1 atom stereocenters. The summed E-state index contributed by atoms with van der Waals surface area (Å²) in [7, 11) is 0. The second kappa shape index (κ2) is 6.60. The lowest BCUT2D eigenvalue weighted by molar-refractivity contribution is 0.0197. The van der Waals surface area contributed by atoms with E-state index in [0.717, 1.165) is 0 Å². The third-order valence-corrected chi connectivity index (χ3v) is 4.53. The maximum atomic E-state index is 12.3. The Morgan fingerprint density at radius 3 is 2.88 bits per heavy atom. The predicted molar refractivity (Wildman–Crippen MR) is 95.6 cm³/mol. The van der Waals surface area contributed by atoms with Crippen molar-refractivity contribution in [1.82, 2.24) is 19.9 Å². The van der Waals surface area contributed by atoms with Crippen LogP contribution < -0.4 is 10.6 Å². The summed E-state index contributed by atoms with van der Waals surface area (Å²) in [5.74, 6) is 0.754. The predicted octanol–water partition coefficient (Wildman–Crippen LogP) is 1.09. The first-order chi connectivity index (χ1) is 11.8. The first kappa shape index (κ1) is 17.6. The highest BCUT2D eigenvalue weighted by Crippen LogP contribution is 2.29. The summed E-state index contributed by atoms with van der Waals surface area (Å²) in [4.78, 5) is 29.3. The van der Waals surface area contributed by atoms with Gasteiger partial charge in [-0.2, -0.15) is 4.98 Å². The quantitative estimate of drug-likeness (QED) is 0.811. The van der Waals surface area contributed by atoms with Crippen molar-refractivity contribution in [3.05, 3.63) is 5.51 Å². The van der Waals surface area contributed by atoms with Gasteiger partial charge in [-0.1, -0.05) is 0 Å². The molecule has 3 N–H and O–H groups in total. The number of rotatable bonds is 2. The van der Waals surface area contributed by atoms with Crippen LogP contribution in [0, 0.1) is 0 Å². The van der Waals surface area contributed by atoms with Crippen LogP contribution in [-0.2, 0) is 4.74 Å². The minimum atomic E-state index is -0.559. The third kappa shape index (κ3) is 3.74. The molecular weight excluding hydrogens is 344 g/mol.